The van der Waals surface area contributed by atoms with Crippen molar-refractivity contribution in [1.29, 1.82) is 0 Å². The van der Waals surface area contributed by atoms with Gasteiger partial charge in [-0.25, -0.2) is 4.98 Å². The molecule has 8 heteroatoms. The number of carbonyl (C=O) groups excluding carboxylic acids is 1. The highest BCUT2D eigenvalue weighted by molar-refractivity contribution is 7.22. The molecular formula is C17H14N6OS. The topological polar surface area (TPSA) is 85.6 Å². The number of anilines is 1. The number of rotatable bonds is 4. The number of fused-ring (bicyclic) bond motifs is 1. The lowest BCUT2D eigenvalue weighted by atomic mass is 10.1. The van der Waals surface area contributed by atoms with Crippen LogP contribution in [-0.4, -0.2) is 31.1 Å². The SMILES string of the molecule is Cc1ccccc1-c1nnn(CC(=O)Nc2nc3ccccc3s2)n1. The molecule has 2 aromatic heterocycles. The summed E-state index contributed by atoms with van der Waals surface area (Å²) in [7, 11) is 0. The van der Waals surface area contributed by atoms with E-state index in [0.29, 0.717) is 11.0 Å². The number of nitrogens with one attached hydrogen (secondary N) is 1. The van der Waals surface area contributed by atoms with Crippen LogP contribution >= 0.6 is 11.3 Å². The molecule has 0 fully saturated rings. The summed E-state index contributed by atoms with van der Waals surface area (Å²) in [5.41, 5.74) is 2.82. The van der Waals surface area contributed by atoms with Crippen LogP contribution in [0, 0.1) is 6.92 Å². The maximum atomic E-state index is 12.2. The molecule has 0 bridgehead atoms. The van der Waals surface area contributed by atoms with Crippen LogP contribution in [0.2, 0.25) is 0 Å². The van der Waals surface area contributed by atoms with Crippen molar-refractivity contribution in [2.24, 2.45) is 0 Å². The average molecular weight is 350 g/mol. The number of benzene rings is 2. The van der Waals surface area contributed by atoms with Crippen LogP contribution in [0.1, 0.15) is 5.56 Å². The van der Waals surface area contributed by atoms with E-state index in [1.165, 1.54) is 16.1 Å². The van der Waals surface area contributed by atoms with Gasteiger partial charge in [-0.15, -0.1) is 10.2 Å². The minimum absolute atomic E-state index is 0.0190. The van der Waals surface area contributed by atoms with E-state index in [0.717, 1.165) is 21.3 Å². The first-order valence-corrected chi connectivity index (χ1v) is 8.50. The summed E-state index contributed by atoms with van der Waals surface area (Å²) in [5.74, 6) is 0.263. The van der Waals surface area contributed by atoms with E-state index in [1.54, 1.807) is 0 Å². The van der Waals surface area contributed by atoms with Gasteiger partial charge in [-0.3, -0.25) is 4.79 Å². The number of aryl methyl sites for hydroxylation is 1. The van der Waals surface area contributed by atoms with Crippen LogP contribution in [0.25, 0.3) is 21.6 Å². The van der Waals surface area contributed by atoms with E-state index >= 15 is 0 Å². The molecule has 0 aliphatic carbocycles. The Morgan fingerprint density at radius 1 is 1.16 bits per heavy atom. The van der Waals surface area contributed by atoms with Crippen LogP contribution in [0.3, 0.4) is 0 Å². The molecule has 4 aromatic rings. The Bertz CT molecular complexity index is 1020. The first-order valence-electron chi connectivity index (χ1n) is 7.68. The van der Waals surface area contributed by atoms with Crippen molar-refractivity contribution >= 4 is 32.6 Å². The van der Waals surface area contributed by atoms with E-state index in [4.69, 9.17) is 0 Å². The second-order valence-electron chi connectivity index (χ2n) is 5.49. The molecule has 2 heterocycles. The van der Waals surface area contributed by atoms with Gasteiger partial charge in [-0.05, 0) is 29.8 Å². The first-order chi connectivity index (χ1) is 12.2. The van der Waals surface area contributed by atoms with Crippen molar-refractivity contribution in [3.05, 3.63) is 54.1 Å². The minimum atomic E-state index is -0.243. The molecule has 0 aliphatic heterocycles. The zero-order chi connectivity index (χ0) is 17.2. The Hall–Kier alpha value is -3.13. The van der Waals surface area contributed by atoms with Crippen molar-refractivity contribution in [3.63, 3.8) is 0 Å². The molecule has 0 spiro atoms. The fourth-order valence-corrected chi connectivity index (χ4v) is 3.34. The number of hydrogen-bond acceptors (Lipinski definition) is 6. The number of aromatic nitrogens is 5. The minimum Gasteiger partial charge on any atom is -0.300 e. The van der Waals surface area contributed by atoms with Crippen LogP contribution in [0.15, 0.2) is 48.5 Å². The molecule has 0 aliphatic rings. The van der Waals surface area contributed by atoms with E-state index in [9.17, 15) is 4.79 Å². The third-order valence-corrected chi connectivity index (χ3v) is 4.62. The van der Waals surface area contributed by atoms with Crippen molar-refractivity contribution in [2.45, 2.75) is 13.5 Å². The number of tetrazole rings is 1. The summed E-state index contributed by atoms with van der Waals surface area (Å²) in [5, 5.41) is 15.6. The summed E-state index contributed by atoms with van der Waals surface area (Å²) in [6, 6.07) is 15.5. The summed E-state index contributed by atoms with van der Waals surface area (Å²) in [4.78, 5) is 17.9. The number of hydrogen-bond donors (Lipinski definition) is 1. The second-order valence-corrected chi connectivity index (χ2v) is 6.52. The van der Waals surface area contributed by atoms with Gasteiger partial charge >= 0.3 is 0 Å². The average Bonchev–Trinajstić information content (AvgIpc) is 3.21. The second kappa shape index (κ2) is 6.40. The van der Waals surface area contributed by atoms with Gasteiger partial charge in [0.1, 0.15) is 6.54 Å². The summed E-state index contributed by atoms with van der Waals surface area (Å²) in [6.07, 6.45) is 0. The predicted octanol–water partition coefficient (Wildman–Crippen LogP) is 2.90. The predicted molar refractivity (Wildman–Crippen MR) is 96.2 cm³/mol. The molecule has 0 radical (unpaired) electrons. The summed E-state index contributed by atoms with van der Waals surface area (Å²) in [6.45, 7) is 1.96. The molecule has 124 valence electrons. The molecule has 0 unspecified atom stereocenters. The van der Waals surface area contributed by atoms with Crippen LogP contribution in [0.4, 0.5) is 5.13 Å². The highest BCUT2D eigenvalue weighted by atomic mass is 32.1. The van der Waals surface area contributed by atoms with Crippen LogP contribution in [-0.2, 0) is 11.3 Å². The first kappa shape index (κ1) is 15.4. The smallest absolute Gasteiger partial charge is 0.249 e. The van der Waals surface area contributed by atoms with Gasteiger partial charge in [0.15, 0.2) is 5.13 Å². The zero-order valence-electron chi connectivity index (χ0n) is 13.4. The Labute approximate surface area is 147 Å². The lowest BCUT2D eigenvalue weighted by Gasteiger charge is -2.00. The summed E-state index contributed by atoms with van der Waals surface area (Å²) < 4.78 is 1.03. The molecule has 0 atom stereocenters. The van der Waals surface area contributed by atoms with Gasteiger partial charge in [-0.2, -0.15) is 4.80 Å². The molecule has 25 heavy (non-hydrogen) atoms. The fraction of sp³-hybridized carbons (Fsp3) is 0.118. The zero-order valence-corrected chi connectivity index (χ0v) is 14.2. The molecular weight excluding hydrogens is 336 g/mol. The third-order valence-electron chi connectivity index (χ3n) is 3.66. The molecule has 7 nitrogen and oxygen atoms in total. The van der Waals surface area contributed by atoms with E-state index in [-0.39, 0.29) is 12.5 Å². The van der Waals surface area contributed by atoms with Crippen molar-refractivity contribution in [2.75, 3.05) is 5.32 Å². The van der Waals surface area contributed by atoms with Crippen molar-refractivity contribution in [3.8, 4) is 11.4 Å². The van der Waals surface area contributed by atoms with Gasteiger partial charge in [0, 0.05) is 5.56 Å². The van der Waals surface area contributed by atoms with Gasteiger partial charge in [0.2, 0.25) is 11.7 Å². The molecule has 0 saturated carbocycles. The molecule has 2 aromatic carbocycles. The monoisotopic (exact) mass is 350 g/mol. The molecule has 1 amide bonds. The van der Waals surface area contributed by atoms with E-state index < -0.39 is 0 Å². The van der Waals surface area contributed by atoms with Crippen molar-refractivity contribution < 1.29 is 4.79 Å². The number of para-hydroxylation sites is 1. The highest BCUT2D eigenvalue weighted by Gasteiger charge is 2.12. The maximum Gasteiger partial charge on any atom is 0.249 e. The largest absolute Gasteiger partial charge is 0.300 e. The third kappa shape index (κ3) is 3.24. The van der Waals surface area contributed by atoms with Crippen LogP contribution in [0.5, 0.6) is 0 Å². The number of amides is 1. The Morgan fingerprint density at radius 3 is 2.80 bits per heavy atom. The van der Waals surface area contributed by atoms with Gasteiger partial charge < -0.3 is 5.32 Å². The van der Waals surface area contributed by atoms with Crippen molar-refractivity contribution in [1.82, 2.24) is 25.2 Å². The van der Waals surface area contributed by atoms with Gasteiger partial charge in [0.05, 0.1) is 10.2 Å². The van der Waals surface area contributed by atoms with E-state index in [2.05, 4.69) is 25.7 Å². The highest BCUT2D eigenvalue weighted by Crippen LogP contribution is 2.25. The Morgan fingerprint density at radius 2 is 1.96 bits per heavy atom. The standard InChI is InChI=1S/C17H14N6OS/c1-11-6-2-3-7-12(11)16-20-22-23(21-16)10-15(24)19-17-18-13-8-4-5-9-14(13)25-17/h2-9H,10H2,1H3,(H,18,19,24). The Balaban J connectivity index is 1.47. The Kier molecular flexibility index (Phi) is 3.95. The lowest BCUT2D eigenvalue weighted by Crippen LogP contribution is -2.20. The normalized spacial score (nSPS) is 10.9. The van der Waals surface area contributed by atoms with E-state index in [1.807, 2.05) is 55.5 Å². The molecule has 4 rings (SSSR count). The lowest BCUT2D eigenvalue weighted by molar-refractivity contribution is -0.117. The molecule has 0 saturated heterocycles. The van der Waals surface area contributed by atoms with Gasteiger partial charge in [-0.1, -0.05) is 47.7 Å². The summed E-state index contributed by atoms with van der Waals surface area (Å²) >= 11 is 1.43. The fourth-order valence-electron chi connectivity index (χ4n) is 2.45. The quantitative estimate of drug-likeness (QED) is 0.612. The number of nitrogens with zero attached hydrogens (tertiary/aromatic N) is 5. The number of thiazole rings is 1. The number of carbonyl (C=O) groups is 1. The van der Waals surface area contributed by atoms with Crippen LogP contribution < -0.4 is 5.32 Å². The maximum absolute atomic E-state index is 12.2. The molecule has 1 N–H and O–H groups in total. The van der Waals surface area contributed by atoms with Gasteiger partial charge in [0.25, 0.3) is 0 Å².